The van der Waals surface area contributed by atoms with Crippen molar-refractivity contribution in [1.29, 1.82) is 0 Å². The number of hydrogen-bond acceptors (Lipinski definition) is 4. The summed E-state index contributed by atoms with van der Waals surface area (Å²) in [6, 6.07) is 9.08. The summed E-state index contributed by atoms with van der Waals surface area (Å²) < 4.78 is 14.8. The van der Waals surface area contributed by atoms with Crippen molar-refractivity contribution in [3.8, 4) is 0 Å². The molecule has 0 spiro atoms. The molecule has 0 aliphatic rings. The first-order valence-electron chi connectivity index (χ1n) is 10.0. The Morgan fingerprint density at radius 3 is 2.39 bits per heavy atom. The van der Waals surface area contributed by atoms with Crippen LogP contribution in [0, 0.1) is 18.2 Å². The van der Waals surface area contributed by atoms with Crippen LogP contribution < -0.4 is 10.7 Å². The largest absolute Gasteiger partial charge is 0.477 e. The van der Waals surface area contributed by atoms with Crippen molar-refractivity contribution >= 4 is 22.6 Å². The van der Waals surface area contributed by atoms with Gasteiger partial charge in [-0.1, -0.05) is 20.8 Å². The Labute approximate surface area is 180 Å². The fourth-order valence-corrected chi connectivity index (χ4v) is 3.69. The number of aliphatic hydroxyl groups is 1. The molecule has 164 valence electrons. The van der Waals surface area contributed by atoms with E-state index in [1.165, 1.54) is 18.3 Å². The third-order valence-electron chi connectivity index (χ3n) is 5.56. The Morgan fingerprint density at radius 1 is 1.19 bits per heavy atom. The molecule has 1 aromatic heterocycles. The number of fused-ring (bicyclic) bond motifs is 1. The molecule has 0 unspecified atom stereocenters. The average molecular weight is 426 g/mol. The van der Waals surface area contributed by atoms with Gasteiger partial charge in [0.05, 0.1) is 18.2 Å². The minimum absolute atomic E-state index is 0.201. The third-order valence-corrected chi connectivity index (χ3v) is 5.56. The Kier molecular flexibility index (Phi) is 6.18. The first kappa shape index (κ1) is 22.5. The minimum Gasteiger partial charge on any atom is -0.477 e. The van der Waals surface area contributed by atoms with Gasteiger partial charge in [0.15, 0.2) is 0 Å². The number of nitrogens with one attached hydrogen (secondary N) is 1. The Bertz CT molecular complexity index is 1180. The van der Waals surface area contributed by atoms with Crippen LogP contribution >= 0.6 is 0 Å². The number of aromatic nitrogens is 1. The SMILES string of the molecule is Cc1cc2c(cc1CNc1ccc(F)cc1)c(=O)c(C(=O)O)cn2[C@H](CO)C(C)(C)C. The van der Waals surface area contributed by atoms with E-state index < -0.39 is 17.4 Å². The van der Waals surface area contributed by atoms with E-state index in [0.29, 0.717) is 12.1 Å². The number of carbonyl (C=O) groups is 1. The second-order valence-electron chi connectivity index (χ2n) is 8.81. The van der Waals surface area contributed by atoms with Gasteiger partial charge in [0.25, 0.3) is 0 Å². The van der Waals surface area contributed by atoms with Gasteiger partial charge in [-0.25, -0.2) is 9.18 Å². The molecule has 0 radical (unpaired) electrons. The van der Waals surface area contributed by atoms with Crippen LogP contribution in [-0.4, -0.2) is 27.4 Å². The predicted octanol–water partition coefficient (Wildman–Crippen LogP) is 4.34. The first-order valence-corrected chi connectivity index (χ1v) is 10.0. The number of aliphatic hydroxyl groups excluding tert-OH is 1. The van der Waals surface area contributed by atoms with Crippen molar-refractivity contribution in [3.05, 3.63) is 75.3 Å². The number of anilines is 1. The lowest BCUT2D eigenvalue weighted by Crippen LogP contribution is -2.30. The van der Waals surface area contributed by atoms with Gasteiger partial charge >= 0.3 is 5.97 Å². The third kappa shape index (κ3) is 4.61. The quantitative estimate of drug-likeness (QED) is 0.545. The summed E-state index contributed by atoms with van der Waals surface area (Å²) in [6.45, 7) is 7.94. The van der Waals surface area contributed by atoms with Crippen molar-refractivity contribution in [2.24, 2.45) is 5.41 Å². The first-order chi connectivity index (χ1) is 14.5. The standard InChI is InChI=1S/C24H27FN2O4/c1-14-9-20-18(10-15(14)11-26-17-7-5-16(25)6-8-17)22(29)19(23(30)31)12-27(20)21(13-28)24(2,3)4/h5-10,12,21,26,28H,11,13H2,1-4H3,(H,30,31)/t21-/m1/s1. The second kappa shape index (κ2) is 8.51. The Hall–Kier alpha value is -3.19. The van der Waals surface area contributed by atoms with E-state index in [1.807, 2.05) is 33.8 Å². The monoisotopic (exact) mass is 426 g/mol. The van der Waals surface area contributed by atoms with Gasteiger partial charge in [-0.3, -0.25) is 4.79 Å². The van der Waals surface area contributed by atoms with Crippen LogP contribution in [0.15, 0.2) is 47.4 Å². The molecule has 1 heterocycles. The molecule has 3 N–H and O–H groups in total. The fraction of sp³-hybridized carbons (Fsp3) is 0.333. The van der Waals surface area contributed by atoms with Gasteiger partial charge in [-0.2, -0.15) is 0 Å². The minimum atomic E-state index is -1.31. The Morgan fingerprint density at radius 2 is 1.84 bits per heavy atom. The summed E-state index contributed by atoms with van der Waals surface area (Å²) in [4.78, 5) is 24.7. The van der Waals surface area contributed by atoms with Crippen molar-refractivity contribution in [2.75, 3.05) is 11.9 Å². The van der Waals surface area contributed by atoms with E-state index in [4.69, 9.17) is 0 Å². The number of hydrogen-bond donors (Lipinski definition) is 3. The molecule has 0 aliphatic heterocycles. The lowest BCUT2D eigenvalue weighted by atomic mass is 9.86. The second-order valence-corrected chi connectivity index (χ2v) is 8.81. The molecular weight excluding hydrogens is 399 g/mol. The smallest absolute Gasteiger partial charge is 0.341 e. The van der Waals surface area contributed by atoms with Crippen LogP contribution in [0.2, 0.25) is 0 Å². The molecule has 0 amide bonds. The maximum Gasteiger partial charge on any atom is 0.341 e. The number of aryl methyl sites for hydroxylation is 1. The molecule has 0 saturated heterocycles. The van der Waals surface area contributed by atoms with Gasteiger partial charge in [-0.15, -0.1) is 0 Å². The molecule has 1 atom stereocenters. The highest BCUT2D eigenvalue weighted by molar-refractivity contribution is 5.93. The number of halogens is 1. The maximum absolute atomic E-state index is 13.1. The maximum atomic E-state index is 13.1. The van der Waals surface area contributed by atoms with Crippen molar-refractivity contribution in [1.82, 2.24) is 4.57 Å². The summed E-state index contributed by atoms with van der Waals surface area (Å²) in [6.07, 6.45) is 1.33. The van der Waals surface area contributed by atoms with Crippen molar-refractivity contribution in [3.63, 3.8) is 0 Å². The van der Waals surface area contributed by atoms with Crippen molar-refractivity contribution < 1.29 is 19.4 Å². The molecule has 31 heavy (non-hydrogen) atoms. The van der Waals surface area contributed by atoms with Crippen LogP contribution in [0.3, 0.4) is 0 Å². The molecule has 0 saturated carbocycles. The van der Waals surface area contributed by atoms with Gasteiger partial charge in [-0.05, 0) is 59.9 Å². The Balaban J connectivity index is 2.16. The molecular formula is C24H27FN2O4. The number of nitrogens with zero attached hydrogens (tertiary/aromatic N) is 1. The normalized spacial score (nSPS) is 12.7. The molecule has 7 heteroatoms. The van der Waals surface area contributed by atoms with E-state index in [9.17, 15) is 24.2 Å². The summed E-state index contributed by atoms with van der Waals surface area (Å²) >= 11 is 0. The fourth-order valence-electron chi connectivity index (χ4n) is 3.69. The molecule has 6 nitrogen and oxygen atoms in total. The summed E-state index contributed by atoms with van der Waals surface area (Å²) in [5.41, 5.74) is 1.76. The van der Waals surface area contributed by atoms with E-state index in [2.05, 4.69) is 5.32 Å². The highest BCUT2D eigenvalue weighted by Crippen LogP contribution is 2.33. The lowest BCUT2D eigenvalue weighted by Gasteiger charge is -2.33. The van der Waals surface area contributed by atoms with E-state index in [0.717, 1.165) is 16.8 Å². The van der Waals surface area contributed by atoms with Crippen molar-refractivity contribution in [2.45, 2.75) is 40.3 Å². The lowest BCUT2D eigenvalue weighted by molar-refractivity contribution is 0.0692. The number of rotatable bonds is 6. The predicted molar refractivity (Wildman–Crippen MR) is 119 cm³/mol. The zero-order valence-electron chi connectivity index (χ0n) is 18.1. The number of carboxylic acid groups (broad SMARTS) is 1. The molecule has 3 aromatic rings. The van der Waals surface area contributed by atoms with Gasteiger partial charge in [0, 0.05) is 23.8 Å². The van der Waals surface area contributed by atoms with E-state index in [-0.39, 0.29) is 28.8 Å². The summed E-state index contributed by atoms with van der Waals surface area (Å²) in [7, 11) is 0. The van der Waals surface area contributed by atoms with Crippen LogP contribution in [0.4, 0.5) is 10.1 Å². The average Bonchev–Trinajstić information content (AvgIpc) is 2.69. The number of pyridine rings is 1. The molecule has 2 aromatic carbocycles. The molecule has 3 rings (SSSR count). The molecule has 0 bridgehead atoms. The van der Waals surface area contributed by atoms with E-state index >= 15 is 0 Å². The van der Waals surface area contributed by atoms with E-state index in [1.54, 1.807) is 22.8 Å². The summed E-state index contributed by atoms with van der Waals surface area (Å²) in [5, 5.41) is 23.1. The van der Waals surface area contributed by atoms with Crippen LogP contribution in [0.25, 0.3) is 10.9 Å². The highest BCUT2D eigenvalue weighted by Gasteiger charge is 2.28. The summed E-state index contributed by atoms with van der Waals surface area (Å²) in [5.74, 6) is -1.63. The van der Waals surface area contributed by atoms with Gasteiger partial charge < -0.3 is 20.1 Å². The highest BCUT2D eigenvalue weighted by atomic mass is 19.1. The molecule has 0 fully saturated rings. The topological polar surface area (TPSA) is 91.6 Å². The van der Waals surface area contributed by atoms with Crippen LogP contribution in [0.5, 0.6) is 0 Å². The number of aromatic carboxylic acids is 1. The van der Waals surface area contributed by atoms with Gasteiger partial charge in [0.1, 0.15) is 11.4 Å². The number of carboxylic acids is 1. The molecule has 0 aliphatic carbocycles. The van der Waals surface area contributed by atoms with Crippen LogP contribution in [0.1, 0.15) is 48.3 Å². The van der Waals surface area contributed by atoms with Gasteiger partial charge in [0.2, 0.25) is 5.43 Å². The zero-order chi connectivity index (χ0) is 22.9. The zero-order valence-corrected chi connectivity index (χ0v) is 18.1. The van der Waals surface area contributed by atoms with Crippen LogP contribution in [-0.2, 0) is 6.54 Å². The number of benzene rings is 2.